The summed E-state index contributed by atoms with van der Waals surface area (Å²) in [5.74, 6) is 0.488. The minimum atomic E-state index is -0.225. The maximum absolute atomic E-state index is 12.3. The van der Waals surface area contributed by atoms with E-state index in [9.17, 15) is 4.79 Å². The molecule has 1 aromatic heterocycles. The van der Waals surface area contributed by atoms with Crippen LogP contribution in [0.2, 0.25) is 0 Å². The van der Waals surface area contributed by atoms with Crippen molar-refractivity contribution < 1.29 is 13.9 Å². The van der Waals surface area contributed by atoms with Crippen LogP contribution < -0.4 is 9.64 Å². The molecule has 1 amide bonds. The van der Waals surface area contributed by atoms with Gasteiger partial charge in [-0.1, -0.05) is 24.3 Å². The zero-order valence-corrected chi connectivity index (χ0v) is 13.4. The Morgan fingerprint density at radius 2 is 1.96 bits per heavy atom. The molecule has 5 heteroatoms. The largest absolute Gasteiger partial charge is 0.483 e. The van der Waals surface area contributed by atoms with Crippen LogP contribution in [-0.4, -0.2) is 24.5 Å². The van der Waals surface area contributed by atoms with E-state index in [0.717, 1.165) is 16.6 Å². The van der Waals surface area contributed by atoms with Gasteiger partial charge in [-0.25, -0.2) is 0 Å². The Morgan fingerprint density at radius 1 is 1.17 bits per heavy atom. The van der Waals surface area contributed by atoms with E-state index in [1.807, 2.05) is 56.3 Å². The Balaban J connectivity index is 1.71. The number of likely N-dealkylation sites (N-methyl/N-ethyl adjacent to an activating group) is 1. The third-order valence-electron chi connectivity index (χ3n) is 3.85. The van der Waals surface area contributed by atoms with Crippen LogP contribution in [-0.2, 0) is 4.79 Å². The standard InChI is InChI=1S/C18H18N2O3/c1-12-7-6-10-15(13(12)2)22-11-17(21)20(3)18-19-14-8-4-5-9-16(14)23-18/h4-10H,11H2,1-3H3. The molecule has 3 rings (SSSR count). The van der Waals surface area contributed by atoms with Gasteiger partial charge in [-0.2, -0.15) is 4.98 Å². The molecule has 0 atom stereocenters. The topological polar surface area (TPSA) is 55.6 Å². The van der Waals surface area contributed by atoms with Gasteiger partial charge < -0.3 is 9.15 Å². The van der Waals surface area contributed by atoms with E-state index in [1.165, 1.54) is 4.90 Å². The Labute approximate surface area is 134 Å². The lowest BCUT2D eigenvalue weighted by molar-refractivity contribution is -0.120. The maximum atomic E-state index is 12.3. The van der Waals surface area contributed by atoms with Gasteiger partial charge in [0.2, 0.25) is 0 Å². The number of aryl methyl sites for hydroxylation is 1. The van der Waals surface area contributed by atoms with Crippen molar-refractivity contribution in [2.45, 2.75) is 13.8 Å². The summed E-state index contributed by atoms with van der Waals surface area (Å²) in [7, 11) is 1.62. The molecule has 0 saturated heterocycles. The smallest absolute Gasteiger partial charge is 0.305 e. The maximum Gasteiger partial charge on any atom is 0.305 e. The van der Waals surface area contributed by atoms with E-state index < -0.39 is 0 Å². The number of fused-ring (bicyclic) bond motifs is 1. The molecule has 0 aliphatic rings. The van der Waals surface area contributed by atoms with Crippen molar-refractivity contribution in [3.8, 4) is 5.75 Å². The number of carbonyl (C=O) groups excluding carboxylic acids is 1. The van der Waals surface area contributed by atoms with Gasteiger partial charge in [0.15, 0.2) is 12.2 Å². The van der Waals surface area contributed by atoms with Crippen LogP contribution in [0.4, 0.5) is 6.01 Å². The van der Waals surface area contributed by atoms with Gasteiger partial charge in [0.05, 0.1) is 0 Å². The lowest BCUT2D eigenvalue weighted by atomic mass is 10.1. The molecule has 2 aromatic carbocycles. The fourth-order valence-corrected chi connectivity index (χ4v) is 2.23. The molecule has 0 spiro atoms. The zero-order valence-electron chi connectivity index (χ0n) is 13.4. The van der Waals surface area contributed by atoms with Crippen molar-refractivity contribution in [3.05, 3.63) is 53.6 Å². The van der Waals surface area contributed by atoms with Gasteiger partial charge in [-0.3, -0.25) is 9.69 Å². The van der Waals surface area contributed by atoms with E-state index in [1.54, 1.807) is 7.05 Å². The van der Waals surface area contributed by atoms with Crippen LogP contribution >= 0.6 is 0 Å². The highest BCUT2D eigenvalue weighted by atomic mass is 16.5. The van der Waals surface area contributed by atoms with Crippen LogP contribution in [0.15, 0.2) is 46.9 Å². The predicted octanol–water partition coefficient (Wildman–Crippen LogP) is 3.49. The zero-order chi connectivity index (χ0) is 16.4. The molecule has 0 unspecified atom stereocenters. The fraction of sp³-hybridized carbons (Fsp3) is 0.222. The summed E-state index contributed by atoms with van der Waals surface area (Å²) in [6.07, 6.45) is 0. The Bertz CT molecular complexity index is 821. The van der Waals surface area contributed by atoms with E-state index in [-0.39, 0.29) is 18.5 Å². The highest BCUT2D eigenvalue weighted by Gasteiger charge is 2.18. The summed E-state index contributed by atoms with van der Waals surface area (Å²) in [5, 5.41) is 0. The van der Waals surface area contributed by atoms with E-state index in [0.29, 0.717) is 11.3 Å². The third kappa shape index (κ3) is 3.04. The van der Waals surface area contributed by atoms with Crippen LogP contribution in [0.25, 0.3) is 11.1 Å². The first-order valence-electron chi connectivity index (χ1n) is 7.37. The number of nitrogens with zero attached hydrogens (tertiary/aromatic N) is 2. The van der Waals surface area contributed by atoms with Gasteiger partial charge in [-0.05, 0) is 43.2 Å². The van der Waals surface area contributed by atoms with Crippen molar-refractivity contribution in [2.75, 3.05) is 18.6 Å². The molecule has 0 N–H and O–H groups in total. The Kier molecular flexibility index (Phi) is 4.02. The number of amides is 1. The molecule has 0 bridgehead atoms. The first kappa shape index (κ1) is 15.1. The van der Waals surface area contributed by atoms with Gasteiger partial charge in [0.1, 0.15) is 11.3 Å². The van der Waals surface area contributed by atoms with Crippen molar-refractivity contribution in [1.82, 2.24) is 4.98 Å². The van der Waals surface area contributed by atoms with Crippen LogP contribution in [0.5, 0.6) is 5.75 Å². The van der Waals surface area contributed by atoms with E-state index in [4.69, 9.17) is 9.15 Å². The summed E-state index contributed by atoms with van der Waals surface area (Å²) < 4.78 is 11.2. The van der Waals surface area contributed by atoms with Gasteiger partial charge >= 0.3 is 6.01 Å². The molecule has 23 heavy (non-hydrogen) atoms. The molecule has 1 heterocycles. The van der Waals surface area contributed by atoms with Crippen molar-refractivity contribution in [3.63, 3.8) is 0 Å². The molecule has 118 valence electrons. The SMILES string of the molecule is Cc1cccc(OCC(=O)N(C)c2nc3ccccc3o2)c1C. The second-order valence-electron chi connectivity index (χ2n) is 5.40. The summed E-state index contributed by atoms with van der Waals surface area (Å²) in [4.78, 5) is 18.0. The molecule has 0 aliphatic carbocycles. The van der Waals surface area contributed by atoms with Crippen LogP contribution in [0, 0.1) is 13.8 Å². The minimum absolute atomic E-state index is 0.0699. The van der Waals surface area contributed by atoms with Gasteiger partial charge in [-0.15, -0.1) is 0 Å². The predicted molar refractivity (Wildman–Crippen MR) is 88.8 cm³/mol. The number of carbonyl (C=O) groups is 1. The number of anilines is 1. The normalized spacial score (nSPS) is 10.7. The number of oxazole rings is 1. The number of aromatic nitrogens is 1. The average Bonchev–Trinajstić information content (AvgIpc) is 2.99. The van der Waals surface area contributed by atoms with E-state index in [2.05, 4.69) is 4.98 Å². The number of para-hydroxylation sites is 2. The summed E-state index contributed by atoms with van der Waals surface area (Å²) in [6, 6.07) is 13.4. The number of ether oxygens (including phenoxy) is 1. The van der Waals surface area contributed by atoms with Gasteiger partial charge in [0.25, 0.3) is 5.91 Å². The average molecular weight is 310 g/mol. The summed E-state index contributed by atoms with van der Waals surface area (Å²) in [5.41, 5.74) is 3.53. The van der Waals surface area contributed by atoms with Crippen LogP contribution in [0.3, 0.4) is 0 Å². The monoisotopic (exact) mass is 310 g/mol. The second-order valence-corrected chi connectivity index (χ2v) is 5.40. The van der Waals surface area contributed by atoms with Crippen molar-refractivity contribution in [1.29, 1.82) is 0 Å². The molecule has 3 aromatic rings. The molecule has 0 aliphatic heterocycles. The molecule has 0 fully saturated rings. The number of hydrogen-bond donors (Lipinski definition) is 0. The molecular formula is C18H18N2O3. The number of benzene rings is 2. The van der Waals surface area contributed by atoms with Gasteiger partial charge in [0, 0.05) is 7.05 Å². The highest BCUT2D eigenvalue weighted by molar-refractivity contribution is 5.93. The first-order chi connectivity index (χ1) is 11.1. The lowest BCUT2D eigenvalue weighted by Gasteiger charge is -2.14. The molecule has 0 saturated carbocycles. The van der Waals surface area contributed by atoms with E-state index >= 15 is 0 Å². The molecular weight excluding hydrogens is 292 g/mol. The molecule has 5 nitrogen and oxygen atoms in total. The van der Waals surface area contributed by atoms with Crippen molar-refractivity contribution in [2.24, 2.45) is 0 Å². The first-order valence-corrected chi connectivity index (χ1v) is 7.37. The fourth-order valence-electron chi connectivity index (χ4n) is 2.23. The Hall–Kier alpha value is -2.82. The quantitative estimate of drug-likeness (QED) is 0.740. The van der Waals surface area contributed by atoms with Crippen LogP contribution in [0.1, 0.15) is 11.1 Å². The summed E-state index contributed by atoms with van der Waals surface area (Å²) >= 11 is 0. The number of hydrogen-bond acceptors (Lipinski definition) is 4. The second kappa shape index (κ2) is 6.12. The highest BCUT2D eigenvalue weighted by Crippen LogP contribution is 2.22. The Morgan fingerprint density at radius 3 is 2.74 bits per heavy atom. The lowest BCUT2D eigenvalue weighted by Crippen LogP contribution is -2.31. The third-order valence-corrected chi connectivity index (χ3v) is 3.85. The summed E-state index contributed by atoms with van der Waals surface area (Å²) in [6.45, 7) is 3.91. The minimum Gasteiger partial charge on any atom is -0.483 e. The number of rotatable bonds is 4. The van der Waals surface area contributed by atoms with Crippen molar-refractivity contribution >= 4 is 23.0 Å². The molecule has 0 radical (unpaired) electrons.